The molecule has 2 nitrogen and oxygen atoms in total. The summed E-state index contributed by atoms with van der Waals surface area (Å²) >= 11 is 0. The minimum atomic E-state index is -2.53. The third-order valence-corrected chi connectivity index (χ3v) is 3.24. The van der Waals surface area contributed by atoms with Crippen LogP contribution < -0.4 is 10.6 Å². The lowest BCUT2D eigenvalue weighted by atomic mass is 10.1. The average molecular weight is 276 g/mol. The number of nitrogen functional groups attached to an aromatic ring is 1. The van der Waals surface area contributed by atoms with Crippen molar-refractivity contribution in [1.29, 1.82) is 0 Å². The second-order valence-corrected chi connectivity index (χ2v) is 4.96. The summed E-state index contributed by atoms with van der Waals surface area (Å²) in [6.45, 7) is 2.59. The highest BCUT2D eigenvalue weighted by atomic mass is 19.3. The molecule has 0 saturated heterocycles. The molecule has 0 aromatic heterocycles. The highest BCUT2D eigenvalue weighted by Crippen LogP contribution is 2.31. The molecule has 2 rings (SSSR count). The molecule has 0 heterocycles. The summed E-state index contributed by atoms with van der Waals surface area (Å²) in [5, 5.41) is 0. The van der Waals surface area contributed by atoms with Crippen molar-refractivity contribution in [3.05, 3.63) is 59.2 Å². The Bertz CT molecular complexity index is 580. The largest absolute Gasteiger partial charge is 0.399 e. The van der Waals surface area contributed by atoms with Crippen LogP contribution in [0.4, 0.5) is 20.2 Å². The van der Waals surface area contributed by atoms with Crippen LogP contribution in [0.1, 0.15) is 23.1 Å². The molecule has 2 N–H and O–H groups in total. The van der Waals surface area contributed by atoms with Gasteiger partial charge in [0.2, 0.25) is 0 Å². The smallest absolute Gasteiger partial charge is 0.265 e. The predicted octanol–water partition coefficient (Wildman–Crippen LogP) is 4.15. The van der Waals surface area contributed by atoms with Crippen molar-refractivity contribution in [2.24, 2.45) is 0 Å². The van der Waals surface area contributed by atoms with E-state index in [0.29, 0.717) is 17.9 Å². The summed E-state index contributed by atoms with van der Waals surface area (Å²) < 4.78 is 26.2. The molecule has 0 fully saturated rings. The Morgan fingerprint density at radius 2 is 1.75 bits per heavy atom. The number of alkyl halides is 2. The fourth-order valence-electron chi connectivity index (χ4n) is 2.15. The molecule has 0 aliphatic heterocycles. The van der Waals surface area contributed by atoms with E-state index in [2.05, 4.69) is 0 Å². The van der Waals surface area contributed by atoms with Gasteiger partial charge < -0.3 is 10.6 Å². The number of hydrogen-bond acceptors (Lipinski definition) is 2. The molecule has 0 atom stereocenters. The van der Waals surface area contributed by atoms with Crippen LogP contribution in [0.15, 0.2) is 42.5 Å². The number of benzene rings is 2. The van der Waals surface area contributed by atoms with Crippen molar-refractivity contribution in [2.45, 2.75) is 19.9 Å². The van der Waals surface area contributed by atoms with Gasteiger partial charge in [0.05, 0.1) is 0 Å². The molecule has 0 aliphatic rings. The monoisotopic (exact) mass is 276 g/mol. The lowest BCUT2D eigenvalue weighted by molar-refractivity contribution is 0.152. The Hall–Kier alpha value is -2.10. The molecule has 106 valence electrons. The van der Waals surface area contributed by atoms with Gasteiger partial charge in [-0.05, 0) is 30.7 Å². The Labute approximate surface area is 117 Å². The van der Waals surface area contributed by atoms with E-state index in [-0.39, 0.29) is 5.56 Å². The number of aryl methyl sites for hydroxylation is 1. The third-order valence-electron chi connectivity index (χ3n) is 3.24. The standard InChI is InChI=1S/C16H18F2N2/c1-11-3-5-12(6-4-11)10-20(2)15-8-7-13(19)9-14(15)16(17)18/h3-9,16H,10,19H2,1-2H3. The van der Waals surface area contributed by atoms with Crippen LogP contribution in [0.2, 0.25) is 0 Å². The van der Waals surface area contributed by atoms with Crippen molar-refractivity contribution in [1.82, 2.24) is 0 Å². The predicted molar refractivity (Wildman–Crippen MR) is 79.1 cm³/mol. The third kappa shape index (κ3) is 3.26. The number of anilines is 2. The average Bonchev–Trinajstić information content (AvgIpc) is 2.41. The fourth-order valence-corrected chi connectivity index (χ4v) is 2.15. The van der Waals surface area contributed by atoms with Crippen molar-refractivity contribution in [3.63, 3.8) is 0 Å². The molecule has 20 heavy (non-hydrogen) atoms. The first kappa shape index (κ1) is 14.3. The molecule has 0 amide bonds. The van der Waals surface area contributed by atoms with Gasteiger partial charge >= 0.3 is 0 Å². The van der Waals surface area contributed by atoms with Gasteiger partial charge in [-0.15, -0.1) is 0 Å². The van der Waals surface area contributed by atoms with Crippen LogP contribution in [0, 0.1) is 6.92 Å². The van der Waals surface area contributed by atoms with Gasteiger partial charge in [0.25, 0.3) is 6.43 Å². The maximum Gasteiger partial charge on any atom is 0.265 e. The SMILES string of the molecule is Cc1ccc(CN(C)c2ccc(N)cc2C(F)F)cc1. The van der Waals surface area contributed by atoms with E-state index in [1.807, 2.05) is 36.1 Å². The lowest BCUT2D eigenvalue weighted by Gasteiger charge is -2.23. The Balaban J connectivity index is 2.24. The minimum Gasteiger partial charge on any atom is -0.399 e. The zero-order valence-corrected chi connectivity index (χ0v) is 11.6. The normalized spacial score (nSPS) is 10.8. The van der Waals surface area contributed by atoms with Crippen molar-refractivity contribution >= 4 is 11.4 Å². The summed E-state index contributed by atoms with van der Waals surface area (Å²) in [6.07, 6.45) is -2.53. The molecule has 2 aromatic carbocycles. The van der Waals surface area contributed by atoms with E-state index < -0.39 is 6.43 Å². The van der Waals surface area contributed by atoms with Gasteiger partial charge in [0.15, 0.2) is 0 Å². The van der Waals surface area contributed by atoms with Crippen LogP contribution in [-0.2, 0) is 6.54 Å². The first-order valence-electron chi connectivity index (χ1n) is 6.41. The molecule has 0 aliphatic carbocycles. The Kier molecular flexibility index (Phi) is 4.23. The minimum absolute atomic E-state index is 0.0281. The summed E-state index contributed by atoms with van der Waals surface area (Å²) in [4.78, 5) is 1.81. The zero-order chi connectivity index (χ0) is 14.7. The second-order valence-electron chi connectivity index (χ2n) is 4.96. The summed E-state index contributed by atoms with van der Waals surface area (Å²) in [6, 6.07) is 12.7. The highest BCUT2D eigenvalue weighted by molar-refractivity contribution is 5.60. The van der Waals surface area contributed by atoms with Gasteiger partial charge in [-0.3, -0.25) is 0 Å². The number of halogens is 2. The van der Waals surface area contributed by atoms with E-state index >= 15 is 0 Å². The lowest BCUT2D eigenvalue weighted by Crippen LogP contribution is -2.18. The molecular formula is C16H18F2N2. The van der Waals surface area contributed by atoms with E-state index in [1.54, 1.807) is 19.2 Å². The van der Waals surface area contributed by atoms with Crippen LogP contribution in [-0.4, -0.2) is 7.05 Å². The van der Waals surface area contributed by atoms with E-state index in [9.17, 15) is 8.78 Å². The van der Waals surface area contributed by atoms with Gasteiger partial charge in [-0.25, -0.2) is 8.78 Å². The van der Waals surface area contributed by atoms with Gasteiger partial charge in [-0.2, -0.15) is 0 Å². The fraction of sp³-hybridized carbons (Fsp3) is 0.250. The number of rotatable bonds is 4. The topological polar surface area (TPSA) is 29.3 Å². The molecule has 0 saturated carbocycles. The first-order valence-corrected chi connectivity index (χ1v) is 6.41. The van der Waals surface area contributed by atoms with Gasteiger partial charge in [-0.1, -0.05) is 29.8 Å². The second kappa shape index (κ2) is 5.90. The Morgan fingerprint density at radius 3 is 2.35 bits per heavy atom. The van der Waals surface area contributed by atoms with E-state index in [4.69, 9.17) is 5.73 Å². The molecule has 4 heteroatoms. The van der Waals surface area contributed by atoms with Gasteiger partial charge in [0.1, 0.15) is 0 Å². The molecule has 0 spiro atoms. The van der Waals surface area contributed by atoms with Crippen LogP contribution in [0.5, 0.6) is 0 Å². The zero-order valence-electron chi connectivity index (χ0n) is 11.6. The maximum absolute atomic E-state index is 13.1. The summed E-state index contributed by atoms with van der Waals surface area (Å²) in [7, 11) is 1.80. The van der Waals surface area contributed by atoms with E-state index in [1.165, 1.54) is 11.6 Å². The highest BCUT2D eigenvalue weighted by Gasteiger charge is 2.16. The molecule has 0 unspecified atom stereocenters. The quantitative estimate of drug-likeness (QED) is 0.850. The van der Waals surface area contributed by atoms with Crippen LogP contribution >= 0.6 is 0 Å². The van der Waals surface area contributed by atoms with Crippen LogP contribution in [0.25, 0.3) is 0 Å². The number of nitrogens with zero attached hydrogens (tertiary/aromatic N) is 1. The number of nitrogens with two attached hydrogens (primary N) is 1. The van der Waals surface area contributed by atoms with Gasteiger partial charge in [0, 0.05) is 30.5 Å². The van der Waals surface area contributed by atoms with E-state index in [0.717, 1.165) is 5.56 Å². The molecule has 0 bridgehead atoms. The van der Waals surface area contributed by atoms with Crippen molar-refractivity contribution < 1.29 is 8.78 Å². The summed E-state index contributed by atoms with van der Waals surface area (Å²) in [5.41, 5.74) is 8.67. The molecule has 2 aromatic rings. The molecule has 0 radical (unpaired) electrons. The first-order chi connectivity index (χ1) is 9.47. The summed E-state index contributed by atoms with van der Waals surface area (Å²) in [5.74, 6) is 0. The maximum atomic E-state index is 13.1. The van der Waals surface area contributed by atoms with Crippen LogP contribution in [0.3, 0.4) is 0 Å². The number of hydrogen-bond donors (Lipinski definition) is 1. The van der Waals surface area contributed by atoms with Crippen molar-refractivity contribution in [2.75, 3.05) is 17.7 Å². The Morgan fingerprint density at radius 1 is 1.10 bits per heavy atom. The van der Waals surface area contributed by atoms with Crippen molar-refractivity contribution in [3.8, 4) is 0 Å². The molecular weight excluding hydrogens is 258 g/mol.